The molecule has 0 radical (unpaired) electrons. The molecule has 0 saturated carbocycles. The number of methoxy groups -OCH3 is 1. The second-order valence-corrected chi connectivity index (χ2v) is 4.19. The zero-order valence-electron chi connectivity index (χ0n) is 13.1. The van der Waals surface area contributed by atoms with E-state index in [2.05, 4.69) is 35.8 Å². The number of aliphatic imine (C=N–C) groups is 1. The minimum absolute atomic E-state index is 0. The number of rotatable bonds is 11. The van der Waals surface area contributed by atoms with Gasteiger partial charge in [0.05, 0.1) is 26.4 Å². The Bertz CT molecular complexity index is 251. The molecule has 0 amide bonds. The van der Waals surface area contributed by atoms with E-state index in [0.29, 0.717) is 26.4 Å². The number of nitrogens with one attached hydrogen (secondary N) is 1. The van der Waals surface area contributed by atoms with Gasteiger partial charge in [-0.25, -0.2) is 0 Å². The van der Waals surface area contributed by atoms with Crippen LogP contribution in [-0.4, -0.2) is 64.5 Å². The molecule has 0 aliphatic carbocycles. The standard InChI is InChI=1S/C14H29N3O2.HI/c1-5-7-8-10-17(3)14(15-6-2)16-9-11-19-13-12-18-4;/h5H,1,6-13H2,2-4H3,(H,15,16);1H. The van der Waals surface area contributed by atoms with Crippen LogP contribution in [-0.2, 0) is 9.47 Å². The van der Waals surface area contributed by atoms with Gasteiger partial charge in [0.1, 0.15) is 0 Å². The van der Waals surface area contributed by atoms with E-state index in [9.17, 15) is 0 Å². The molecule has 120 valence electrons. The van der Waals surface area contributed by atoms with Crippen molar-refractivity contribution in [2.45, 2.75) is 19.8 Å². The van der Waals surface area contributed by atoms with E-state index >= 15 is 0 Å². The van der Waals surface area contributed by atoms with Crippen LogP contribution < -0.4 is 5.32 Å². The Morgan fingerprint density at radius 1 is 1.35 bits per heavy atom. The van der Waals surface area contributed by atoms with Crippen molar-refractivity contribution in [1.29, 1.82) is 0 Å². The van der Waals surface area contributed by atoms with Crippen molar-refractivity contribution >= 4 is 29.9 Å². The summed E-state index contributed by atoms with van der Waals surface area (Å²) in [6.45, 7) is 10.2. The van der Waals surface area contributed by atoms with E-state index in [-0.39, 0.29) is 24.0 Å². The van der Waals surface area contributed by atoms with E-state index in [1.807, 2.05) is 6.08 Å². The van der Waals surface area contributed by atoms with E-state index in [0.717, 1.165) is 31.9 Å². The Labute approximate surface area is 140 Å². The minimum atomic E-state index is 0. The Morgan fingerprint density at radius 2 is 2.10 bits per heavy atom. The topological polar surface area (TPSA) is 46.1 Å². The number of ether oxygens (including phenoxy) is 2. The van der Waals surface area contributed by atoms with Crippen molar-refractivity contribution in [3.63, 3.8) is 0 Å². The lowest BCUT2D eigenvalue weighted by Gasteiger charge is -2.21. The molecule has 0 bridgehead atoms. The van der Waals surface area contributed by atoms with Gasteiger partial charge in [0.2, 0.25) is 0 Å². The molecular formula is C14H30IN3O2. The van der Waals surface area contributed by atoms with Gasteiger partial charge in [0, 0.05) is 27.2 Å². The first kappa shape index (κ1) is 21.9. The highest BCUT2D eigenvalue weighted by molar-refractivity contribution is 14.0. The van der Waals surface area contributed by atoms with Crippen LogP contribution in [0.2, 0.25) is 0 Å². The quantitative estimate of drug-likeness (QED) is 0.190. The highest BCUT2D eigenvalue weighted by Crippen LogP contribution is 1.94. The van der Waals surface area contributed by atoms with Gasteiger partial charge in [-0.3, -0.25) is 4.99 Å². The van der Waals surface area contributed by atoms with Crippen molar-refractivity contribution in [2.75, 3.05) is 53.6 Å². The lowest BCUT2D eigenvalue weighted by molar-refractivity contribution is 0.0747. The summed E-state index contributed by atoms with van der Waals surface area (Å²) >= 11 is 0. The van der Waals surface area contributed by atoms with Crippen molar-refractivity contribution in [3.05, 3.63) is 12.7 Å². The zero-order chi connectivity index (χ0) is 14.3. The number of unbranched alkanes of at least 4 members (excludes halogenated alkanes) is 1. The summed E-state index contributed by atoms with van der Waals surface area (Å²) < 4.78 is 10.3. The third-order valence-electron chi connectivity index (χ3n) is 2.53. The monoisotopic (exact) mass is 399 g/mol. The molecule has 0 aromatic carbocycles. The molecule has 0 aromatic rings. The van der Waals surface area contributed by atoms with E-state index in [4.69, 9.17) is 9.47 Å². The lowest BCUT2D eigenvalue weighted by Crippen LogP contribution is -2.39. The smallest absolute Gasteiger partial charge is 0.193 e. The molecule has 0 fully saturated rings. The van der Waals surface area contributed by atoms with Gasteiger partial charge < -0.3 is 19.7 Å². The fraction of sp³-hybridized carbons (Fsp3) is 0.786. The lowest BCUT2D eigenvalue weighted by atomic mass is 10.3. The van der Waals surface area contributed by atoms with Crippen molar-refractivity contribution in [3.8, 4) is 0 Å². The number of hydrogen-bond acceptors (Lipinski definition) is 3. The molecule has 5 nitrogen and oxygen atoms in total. The van der Waals surface area contributed by atoms with Crippen LogP contribution in [0.4, 0.5) is 0 Å². The SMILES string of the molecule is C=CCCCN(C)C(=NCCOCCOC)NCC.I. The second-order valence-electron chi connectivity index (χ2n) is 4.19. The summed E-state index contributed by atoms with van der Waals surface area (Å²) in [7, 11) is 3.72. The van der Waals surface area contributed by atoms with Gasteiger partial charge in [0.25, 0.3) is 0 Å². The Balaban J connectivity index is 0. The van der Waals surface area contributed by atoms with Crippen LogP contribution in [0.15, 0.2) is 17.6 Å². The molecule has 0 atom stereocenters. The van der Waals surface area contributed by atoms with Crippen molar-refractivity contribution in [2.24, 2.45) is 4.99 Å². The zero-order valence-corrected chi connectivity index (χ0v) is 15.4. The van der Waals surface area contributed by atoms with Gasteiger partial charge in [-0.1, -0.05) is 6.08 Å². The molecule has 1 N–H and O–H groups in total. The van der Waals surface area contributed by atoms with Crippen LogP contribution in [0.1, 0.15) is 19.8 Å². The maximum Gasteiger partial charge on any atom is 0.193 e. The molecule has 0 rings (SSSR count). The first-order chi connectivity index (χ1) is 9.26. The van der Waals surface area contributed by atoms with Crippen LogP contribution in [0.25, 0.3) is 0 Å². The fourth-order valence-electron chi connectivity index (χ4n) is 1.51. The molecule has 0 aliphatic rings. The summed E-state index contributed by atoms with van der Waals surface area (Å²) in [6, 6.07) is 0. The van der Waals surface area contributed by atoms with Crippen LogP contribution in [0.5, 0.6) is 0 Å². The van der Waals surface area contributed by atoms with Gasteiger partial charge >= 0.3 is 0 Å². The van der Waals surface area contributed by atoms with Crippen LogP contribution >= 0.6 is 24.0 Å². The maximum absolute atomic E-state index is 5.39. The molecule has 0 aliphatic heterocycles. The number of guanidine groups is 1. The summed E-state index contributed by atoms with van der Waals surface area (Å²) in [5.41, 5.74) is 0. The largest absolute Gasteiger partial charge is 0.382 e. The normalized spacial score (nSPS) is 10.8. The van der Waals surface area contributed by atoms with Gasteiger partial charge in [-0.15, -0.1) is 30.6 Å². The van der Waals surface area contributed by atoms with Crippen LogP contribution in [0, 0.1) is 0 Å². The molecule has 0 heterocycles. The van der Waals surface area contributed by atoms with Gasteiger partial charge in [-0.2, -0.15) is 0 Å². The number of hydrogen-bond donors (Lipinski definition) is 1. The molecule has 0 unspecified atom stereocenters. The predicted octanol–water partition coefficient (Wildman–Crippen LogP) is 2.13. The number of nitrogens with zero attached hydrogens (tertiary/aromatic N) is 2. The minimum Gasteiger partial charge on any atom is -0.382 e. The summed E-state index contributed by atoms with van der Waals surface area (Å²) in [5, 5.41) is 3.28. The average Bonchev–Trinajstić information content (AvgIpc) is 2.41. The highest BCUT2D eigenvalue weighted by atomic mass is 127. The van der Waals surface area contributed by atoms with Crippen LogP contribution in [0.3, 0.4) is 0 Å². The Hall–Kier alpha value is -0.340. The molecule has 0 saturated heterocycles. The first-order valence-corrected chi connectivity index (χ1v) is 6.93. The second kappa shape index (κ2) is 16.7. The average molecular weight is 399 g/mol. The molecule has 0 aromatic heterocycles. The van der Waals surface area contributed by atoms with E-state index < -0.39 is 0 Å². The summed E-state index contributed by atoms with van der Waals surface area (Å²) in [6.07, 6.45) is 4.07. The summed E-state index contributed by atoms with van der Waals surface area (Å²) in [5.74, 6) is 0.932. The van der Waals surface area contributed by atoms with Gasteiger partial charge in [-0.05, 0) is 19.8 Å². The third-order valence-corrected chi connectivity index (χ3v) is 2.53. The highest BCUT2D eigenvalue weighted by Gasteiger charge is 2.03. The molecule has 20 heavy (non-hydrogen) atoms. The fourth-order valence-corrected chi connectivity index (χ4v) is 1.51. The Kier molecular flexibility index (Phi) is 18.3. The molecule has 0 spiro atoms. The van der Waals surface area contributed by atoms with Crippen molar-refractivity contribution in [1.82, 2.24) is 10.2 Å². The number of allylic oxidation sites excluding steroid dienone is 1. The molecule has 6 heteroatoms. The first-order valence-electron chi connectivity index (χ1n) is 6.93. The maximum atomic E-state index is 5.39. The molecular weight excluding hydrogens is 369 g/mol. The number of halogens is 1. The summed E-state index contributed by atoms with van der Waals surface area (Å²) in [4.78, 5) is 6.67. The van der Waals surface area contributed by atoms with Crippen molar-refractivity contribution < 1.29 is 9.47 Å². The van der Waals surface area contributed by atoms with E-state index in [1.54, 1.807) is 7.11 Å². The predicted molar refractivity (Wildman–Crippen MR) is 96.1 cm³/mol. The van der Waals surface area contributed by atoms with E-state index in [1.165, 1.54) is 0 Å². The Morgan fingerprint density at radius 3 is 2.70 bits per heavy atom. The van der Waals surface area contributed by atoms with Gasteiger partial charge in [0.15, 0.2) is 5.96 Å². The third kappa shape index (κ3) is 12.7.